The van der Waals surface area contributed by atoms with Gasteiger partial charge in [-0.3, -0.25) is 0 Å². The van der Waals surface area contributed by atoms with Crippen molar-refractivity contribution in [3.05, 3.63) is 40.8 Å². The number of nitrogens with zero attached hydrogens (tertiary/aromatic N) is 1. The summed E-state index contributed by atoms with van der Waals surface area (Å²) in [6.45, 7) is 6.28. The topological polar surface area (TPSA) is 28.7 Å². The van der Waals surface area contributed by atoms with E-state index in [9.17, 15) is 0 Å². The van der Waals surface area contributed by atoms with Gasteiger partial charge in [0.15, 0.2) is 0 Å². The maximum Gasteiger partial charge on any atom is 0.104 e. The Hall–Kier alpha value is -0.930. The first-order valence-corrected chi connectivity index (χ1v) is 6.75. The zero-order valence-electron chi connectivity index (χ0n) is 10.1. The predicted molar refractivity (Wildman–Crippen MR) is 73.0 cm³/mol. The number of benzene rings is 1. The van der Waals surface area contributed by atoms with E-state index >= 15 is 0 Å². The van der Waals surface area contributed by atoms with E-state index in [1.807, 2.05) is 25.1 Å². The van der Waals surface area contributed by atoms with Gasteiger partial charge < -0.3 is 4.98 Å². The molecule has 4 heteroatoms. The number of H-pyrrole nitrogens is 1. The molecule has 0 fully saturated rings. The fourth-order valence-electron chi connectivity index (χ4n) is 1.61. The minimum Gasteiger partial charge on any atom is -0.337 e. The Morgan fingerprint density at radius 2 is 2.12 bits per heavy atom. The van der Waals surface area contributed by atoms with Gasteiger partial charge in [0.2, 0.25) is 0 Å². The summed E-state index contributed by atoms with van der Waals surface area (Å²) in [4.78, 5) is 8.95. The van der Waals surface area contributed by atoms with Crippen molar-refractivity contribution in [1.29, 1.82) is 0 Å². The first-order valence-electron chi connectivity index (χ1n) is 5.56. The molecule has 2 rings (SSSR count). The molecule has 0 radical (unpaired) electrons. The van der Waals surface area contributed by atoms with E-state index in [4.69, 9.17) is 11.6 Å². The molecule has 0 atom stereocenters. The molecule has 2 aromatic rings. The molecule has 1 N–H and O–H groups in total. The third-order valence-electron chi connectivity index (χ3n) is 2.38. The van der Waals surface area contributed by atoms with Gasteiger partial charge in [-0.15, -0.1) is 0 Å². The smallest absolute Gasteiger partial charge is 0.104 e. The molecular formula is C13H15ClN2S. The van der Waals surface area contributed by atoms with E-state index in [1.54, 1.807) is 11.8 Å². The fourth-order valence-corrected chi connectivity index (χ4v) is 3.01. The largest absolute Gasteiger partial charge is 0.337 e. The molecule has 0 aliphatic rings. The van der Waals surface area contributed by atoms with Crippen LogP contribution in [0.15, 0.2) is 34.2 Å². The van der Waals surface area contributed by atoms with Crippen LogP contribution in [-0.4, -0.2) is 9.97 Å². The van der Waals surface area contributed by atoms with Crippen LogP contribution >= 0.6 is 23.4 Å². The lowest BCUT2D eigenvalue weighted by molar-refractivity contribution is 0.804. The van der Waals surface area contributed by atoms with Crippen LogP contribution in [0.3, 0.4) is 0 Å². The van der Waals surface area contributed by atoms with Crippen molar-refractivity contribution in [3.8, 4) is 0 Å². The first-order chi connectivity index (χ1) is 8.06. The van der Waals surface area contributed by atoms with Gasteiger partial charge in [0.1, 0.15) is 10.9 Å². The van der Waals surface area contributed by atoms with Crippen LogP contribution in [-0.2, 0) is 0 Å². The maximum atomic E-state index is 5.98. The van der Waals surface area contributed by atoms with Crippen LogP contribution in [0.25, 0.3) is 0 Å². The van der Waals surface area contributed by atoms with E-state index in [1.165, 1.54) is 0 Å². The highest BCUT2D eigenvalue weighted by Gasteiger charge is 2.12. The second kappa shape index (κ2) is 5.15. The number of imidazole rings is 1. The van der Waals surface area contributed by atoms with Crippen molar-refractivity contribution in [3.63, 3.8) is 0 Å². The van der Waals surface area contributed by atoms with Crippen molar-refractivity contribution in [1.82, 2.24) is 9.97 Å². The monoisotopic (exact) mass is 266 g/mol. The highest BCUT2D eigenvalue weighted by Crippen LogP contribution is 2.33. The van der Waals surface area contributed by atoms with Gasteiger partial charge in [0.05, 0.1) is 5.69 Å². The highest BCUT2D eigenvalue weighted by atomic mass is 35.5. The lowest BCUT2D eigenvalue weighted by atomic mass is 10.2. The minimum absolute atomic E-state index is 0.418. The molecule has 0 bridgehead atoms. The summed E-state index contributed by atoms with van der Waals surface area (Å²) in [6, 6.07) is 7.86. The molecule has 1 heterocycles. The van der Waals surface area contributed by atoms with Crippen molar-refractivity contribution in [2.75, 3.05) is 0 Å². The average molecular weight is 267 g/mol. The summed E-state index contributed by atoms with van der Waals surface area (Å²) in [5.74, 6) is 1.37. The number of aromatic amines is 1. The highest BCUT2D eigenvalue weighted by molar-refractivity contribution is 7.99. The fraction of sp³-hybridized carbons (Fsp3) is 0.308. The molecule has 0 saturated heterocycles. The zero-order chi connectivity index (χ0) is 12.4. The maximum absolute atomic E-state index is 5.98. The number of hydrogen-bond acceptors (Lipinski definition) is 2. The third-order valence-corrected chi connectivity index (χ3v) is 3.62. The van der Waals surface area contributed by atoms with Crippen LogP contribution in [0.1, 0.15) is 31.3 Å². The van der Waals surface area contributed by atoms with Crippen LogP contribution in [0.2, 0.25) is 5.02 Å². The molecule has 0 amide bonds. The number of nitrogens with one attached hydrogen (secondary N) is 1. The second-order valence-corrected chi connectivity index (χ2v) is 5.77. The van der Waals surface area contributed by atoms with Crippen LogP contribution in [0.5, 0.6) is 0 Å². The van der Waals surface area contributed by atoms with E-state index < -0.39 is 0 Å². The summed E-state index contributed by atoms with van der Waals surface area (Å²) in [7, 11) is 0. The van der Waals surface area contributed by atoms with E-state index in [-0.39, 0.29) is 0 Å². The van der Waals surface area contributed by atoms with Gasteiger partial charge >= 0.3 is 0 Å². The summed E-state index contributed by atoms with van der Waals surface area (Å²) in [5, 5.41) is 1.87. The van der Waals surface area contributed by atoms with Crippen LogP contribution in [0, 0.1) is 6.92 Å². The number of aromatic nitrogens is 2. The molecule has 0 unspecified atom stereocenters. The quantitative estimate of drug-likeness (QED) is 0.876. The average Bonchev–Trinajstić information content (AvgIpc) is 2.59. The van der Waals surface area contributed by atoms with Crippen LogP contribution < -0.4 is 0 Å². The SMILES string of the molecule is Cc1nc(C(C)C)c(Sc2cccc(Cl)c2)[nH]1. The molecule has 0 aliphatic carbocycles. The first kappa shape index (κ1) is 12.5. The standard InChI is InChI=1S/C13H15ClN2S/c1-8(2)12-13(16-9(3)15-12)17-11-6-4-5-10(14)7-11/h4-8H,1-3H3,(H,15,16). The Morgan fingerprint density at radius 3 is 2.76 bits per heavy atom. The Balaban J connectivity index is 2.29. The lowest BCUT2D eigenvalue weighted by Crippen LogP contribution is -1.89. The summed E-state index contributed by atoms with van der Waals surface area (Å²) in [6.07, 6.45) is 0. The van der Waals surface area contributed by atoms with Gasteiger partial charge in [-0.1, -0.05) is 43.3 Å². The van der Waals surface area contributed by atoms with Gasteiger partial charge in [-0.05, 0) is 31.0 Å². The zero-order valence-corrected chi connectivity index (χ0v) is 11.7. The molecule has 0 spiro atoms. The normalized spacial score (nSPS) is 11.1. The Labute approximate surface area is 111 Å². The van der Waals surface area contributed by atoms with Crippen molar-refractivity contribution >= 4 is 23.4 Å². The van der Waals surface area contributed by atoms with Crippen LogP contribution in [0.4, 0.5) is 0 Å². The van der Waals surface area contributed by atoms with E-state index in [0.29, 0.717) is 5.92 Å². The van der Waals surface area contributed by atoms with E-state index in [2.05, 4.69) is 29.9 Å². The van der Waals surface area contributed by atoms with Gasteiger partial charge in [-0.25, -0.2) is 4.98 Å². The molecule has 1 aromatic carbocycles. The Kier molecular flexibility index (Phi) is 3.79. The van der Waals surface area contributed by atoms with E-state index in [0.717, 1.165) is 26.5 Å². The second-order valence-electron chi connectivity index (χ2n) is 4.25. The molecule has 0 saturated carbocycles. The summed E-state index contributed by atoms with van der Waals surface area (Å²) >= 11 is 7.65. The summed E-state index contributed by atoms with van der Waals surface area (Å²) in [5.41, 5.74) is 1.12. The van der Waals surface area contributed by atoms with Crippen molar-refractivity contribution in [2.24, 2.45) is 0 Å². The molecule has 0 aliphatic heterocycles. The number of halogens is 1. The molecule has 17 heavy (non-hydrogen) atoms. The molecule has 2 nitrogen and oxygen atoms in total. The number of hydrogen-bond donors (Lipinski definition) is 1. The molecule has 90 valence electrons. The molecule has 1 aromatic heterocycles. The third kappa shape index (κ3) is 3.05. The number of aryl methyl sites for hydroxylation is 1. The summed E-state index contributed by atoms with van der Waals surface area (Å²) < 4.78 is 0. The Bertz CT molecular complexity index is 520. The predicted octanol–water partition coefficient (Wildman–Crippen LogP) is 4.65. The Morgan fingerprint density at radius 1 is 1.35 bits per heavy atom. The lowest BCUT2D eigenvalue weighted by Gasteiger charge is -2.05. The van der Waals surface area contributed by atoms with Gasteiger partial charge in [-0.2, -0.15) is 0 Å². The van der Waals surface area contributed by atoms with Crippen molar-refractivity contribution < 1.29 is 0 Å². The van der Waals surface area contributed by atoms with Gasteiger partial charge in [0, 0.05) is 9.92 Å². The minimum atomic E-state index is 0.418. The van der Waals surface area contributed by atoms with Gasteiger partial charge in [0.25, 0.3) is 0 Å². The molecular weight excluding hydrogens is 252 g/mol. The van der Waals surface area contributed by atoms with Crippen molar-refractivity contribution in [2.45, 2.75) is 36.6 Å². The number of rotatable bonds is 3.